The second-order valence-corrected chi connectivity index (χ2v) is 5.72. The highest BCUT2D eigenvalue weighted by Crippen LogP contribution is 2.17. The molecule has 0 heterocycles. The normalized spacial score (nSPS) is 18.2. The molecule has 0 bridgehead atoms. The first kappa shape index (κ1) is 14.2. The van der Waals surface area contributed by atoms with Crippen molar-refractivity contribution in [3.05, 3.63) is 0 Å². The summed E-state index contributed by atoms with van der Waals surface area (Å²) in [5.41, 5.74) is 0.371. The Bertz CT molecular complexity index is 249. The molecule has 19 heavy (non-hydrogen) atoms. The van der Waals surface area contributed by atoms with E-state index in [9.17, 15) is 5.11 Å². The number of aliphatic hydroxyl groups excluding tert-OH is 2. The minimum Gasteiger partial charge on any atom is -0.393 e. The zero-order valence-electron chi connectivity index (χ0n) is 15.3. The molecule has 114 valence electrons. The lowest BCUT2D eigenvalue weighted by atomic mass is 10.0. The zero-order chi connectivity index (χ0) is 16.8. The van der Waals surface area contributed by atoms with Gasteiger partial charge < -0.3 is 14.4 Å². The third-order valence-corrected chi connectivity index (χ3v) is 3.85. The fourth-order valence-electron chi connectivity index (χ4n) is 1.97. The van der Waals surface area contributed by atoms with E-state index in [1.807, 2.05) is 6.92 Å². The van der Waals surface area contributed by atoms with Crippen LogP contribution in [0, 0.1) is 0 Å². The van der Waals surface area contributed by atoms with Crippen LogP contribution in [0.2, 0.25) is 0 Å². The van der Waals surface area contributed by atoms with Gasteiger partial charge in [-0.2, -0.15) is 0 Å². The molecular formula is C14H31BO3S. The Hall–Kier alpha value is 0.295. The molecule has 0 aromatic heterocycles. The smallest absolute Gasteiger partial charge is 0.210 e. The molecule has 0 aliphatic carbocycles. The molecule has 0 spiro atoms. The van der Waals surface area contributed by atoms with E-state index in [1.54, 1.807) is 0 Å². The maximum atomic E-state index is 9.96. The summed E-state index contributed by atoms with van der Waals surface area (Å²) >= 11 is 1.21. The van der Waals surface area contributed by atoms with Gasteiger partial charge in [-0.3, -0.25) is 0 Å². The van der Waals surface area contributed by atoms with Crippen LogP contribution < -0.4 is 0 Å². The number of hydrogen-bond donors (Lipinski definition) is 2. The maximum absolute atomic E-state index is 9.96. The van der Waals surface area contributed by atoms with Gasteiger partial charge in [-0.1, -0.05) is 13.8 Å². The first-order valence-electron chi connectivity index (χ1n) is 9.02. The highest BCUT2D eigenvalue weighted by atomic mass is 32.2. The largest absolute Gasteiger partial charge is 0.393 e. The zero-order valence-corrected chi connectivity index (χ0v) is 13.2. The molecule has 0 aromatic rings. The van der Waals surface area contributed by atoms with Crippen LogP contribution in [-0.4, -0.2) is 46.1 Å². The van der Waals surface area contributed by atoms with Gasteiger partial charge in [-0.05, 0) is 71.7 Å². The van der Waals surface area contributed by atoms with Crippen LogP contribution in [0.15, 0.2) is 0 Å². The molecule has 0 radical (unpaired) electrons. The fraction of sp³-hybridized carbons (Fsp3) is 1.00. The summed E-state index contributed by atoms with van der Waals surface area (Å²) in [6.07, 6.45) is 6.62. The Kier molecular flexibility index (Phi) is 9.96. The SMILES string of the molecule is [2H]B([3H])CSO[C@@H](CC)CCCC(O)CCC[C@H](CC)O[3H]. The van der Waals surface area contributed by atoms with E-state index in [1.165, 1.54) is 12.0 Å². The van der Waals surface area contributed by atoms with Gasteiger partial charge in [0.25, 0.3) is 0 Å². The molecule has 0 fully saturated rings. The highest BCUT2D eigenvalue weighted by Gasteiger charge is 2.10. The number of rotatable bonds is 15. The van der Waals surface area contributed by atoms with Gasteiger partial charge >= 0.3 is 0 Å². The highest BCUT2D eigenvalue weighted by molar-refractivity contribution is 7.95. The molecule has 3 atom stereocenters. The quantitative estimate of drug-likeness (QED) is 0.360. The second-order valence-electron chi connectivity index (χ2n) is 4.96. The van der Waals surface area contributed by atoms with Crippen LogP contribution in [0.3, 0.4) is 0 Å². The van der Waals surface area contributed by atoms with Crippen molar-refractivity contribution in [3.8, 4) is 0 Å². The Balaban J connectivity index is 3.65. The summed E-state index contributed by atoms with van der Waals surface area (Å²) < 4.78 is 26.7. The van der Waals surface area contributed by atoms with E-state index in [4.69, 9.17) is 8.29 Å². The summed E-state index contributed by atoms with van der Waals surface area (Å²) in [4.78, 5) is 0. The monoisotopic (exact) mass is 295 g/mol. The minimum atomic E-state index is -0.844. The van der Waals surface area contributed by atoms with Gasteiger partial charge in [0.1, 0.15) is 7.77 Å². The summed E-state index contributed by atoms with van der Waals surface area (Å²) in [7, 11) is -0.844. The molecule has 0 aromatic carbocycles. The van der Waals surface area contributed by atoms with Crippen LogP contribution in [0.5, 0.6) is 0 Å². The Morgan fingerprint density at radius 3 is 2.53 bits per heavy atom. The van der Waals surface area contributed by atoms with E-state index in [2.05, 4.69) is 12.0 Å². The minimum absolute atomic E-state index is 0.0139. The topological polar surface area (TPSA) is 49.7 Å². The molecule has 0 saturated heterocycles. The van der Waals surface area contributed by atoms with Gasteiger partial charge in [-0.15, -0.1) is 0 Å². The van der Waals surface area contributed by atoms with E-state index in [0.717, 1.165) is 51.4 Å². The molecule has 2 N–H and O–H groups in total. The van der Waals surface area contributed by atoms with E-state index in [-0.39, 0.29) is 18.3 Å². The standard InChI is InChI=1S/C14H31BO3S/c1-3-12(16)7-5-8-13(17)9-6-10-14(4-2)18-19-11-15/h12-14,16-17H,3-11,15H2,1-2H3/t12-,13?,14-/m0/s1/i15TD,16T. The lowest BCUT2D eigenvalue weighted by Crippen LogP contribution is -2.12. The van der Waals surface area contributed by atoms with E-state index in [0.29, 0.717) is 5.65 Å². The van der Waals surface area contributed by atoms with Gasteiger partial charge in [0.2, 0.25) is 1.43 Å². The second kappa shape index (κ2) is 13.3. The molecule has 0 aliphatic heterocycles. The molecule has 1 unspecified atom stereocenters. The van der Waals surface area contributed by atoms with Crippen LogP contribution in [-0.2, 0) is 4.18 Å². The van der Waals surface area contributed by atoms with Gasteiger partial charge in [0, 0.05) is 0 Å². The molecule has 0 aliphatic rings. The third-order valence-electron chi connectivity index (χ3n) is 3.31. The van der Waals surface area contributed by atoms with Crippen molar-refractivity contribution in [1.29, 1.82) is 4.10 Å². The maximum Gasteiger partial charge on any atom is 0.210 e. The summed E-state index contributed by atoms with van der Waals surface area (Å²) in [6.45, 7) is 4.06. The van der Waals surface area contributed by atoms with Gasteiger partial charge in [0.05, 0.1) is 18.3 Å². The summed E-state index contributed by atoms with van der Waals surface area (Å²) in [6, 6.07) is 0. The third kappa shape index (κ3) is 11.8. The number of hydrogen-bond acceptors (Lipinski definition) is 4. The van der Waals surface area contributed by atoms with Crippen molar-refractivity contribution in [1.82, 2.24) is 0 Å². The first-order valence-corrected chi connectivity index (χ1v) is 8.37. The van der Waals surface area contributed by atoms with Crippen molar-refractivity contribution in [3.63, 3.8) is 0 Å². The van der Waals surface area contributed by atoms with Crippen molar-refractivity contribution < 1.29 is 14.4 Å². The Labute approximate surface area is 128 Å². The average Bonchev–Trinajstić information content (AvgIpc) is 2.49. The average molecular weight is 295 g/mol. The van der Waals surface area contributed by atoms with Gasteiger partial charge in [-0.25, -0.2) is 0 Å². The molecule has 3 nitrogen and oxygen atoms in total. The predicted octanol–water partition coefficient (Wildman–Crippen LogP) is 2.49. The predicted molar refractivity (Wildman–Crippen MR) is 86.2 cm³/mol. The van der Waals surface area contributed by atoms with Crippen LogP contribution in [0.25, 0.3) is 0 Å². The van der Waals surface area contributed by atoms with Crippen LogP contribution in [0.4, 0.5) is 0 Å². The van der Waals surface area contributed by atoms with Crippen molar-refractivity contribution in [2.24, 2.45) is 0 Å². The fourth-order valence-corrected chi connectivity index (χ4v) is 2.47. The van der Waals surface area contributed by atoms with Crippen molar-refractivity contribution in [2.45, 2.75) is 83.5 Å². The molecule has 5 heteroatoms. The van der Waals surface area contributed by atoms with E-state index < -0.39 is 7.77 Å². The van der Waals surface area contributed by atoms with Crippen molar-refractivity contribution in [2.75, 3.05) is 5.65 Å². The van der Waals surface area contributed by atoms with Crippen molar-refractivity contribution >= 4 is 19.8 Å². The molecule has 0 saturated carbocycles. The summed E-state index contributed by atoms with van der Waals surface area (Å²) in [5, 5.41) is 14.5. The first-order chi connectivity index (χ1) is 10.5. The lowest BCUT2D eigenvalue weighted by Gasteiger charge is -2.16. The summed E-state index contributed by atoms with van der Waals surface area (Å²) in [5.74, 6) is 0. The van der Waals surface area contributed by atoms with Crippen LogP contribution in [0.1, 0.15) is 65.2 Å². The lowest BCUT2D eigenvalue weighted by molar-refractivity contribution is 0.121. The Morgan fingerprint density at radius 2 is 1.95 bits per heavy atom. The van der Waals surface area contributed by atoms with E-state index >= 15 is 0 Å². The number of aliphatic hydroxyl groups is 2. The molecule has 0 rings (SSSR count). The Morgan fingerprint density at radius 1 is 1.26 bits per heavy atom. The van der Waals surface area contributed by atoms with Gasteiger partial charge in [0.15, 0.2) is 0 Å². The molecular weight excluding hydrogens is 259 g/mol. The molecule has 0 amide bonds. The van der Waals surface area contributed by atoms with Crippen LogP contribution >= 0.6 is 12.0 Å².